The number of aromatic nitrogens is 2. The van der Waals surface area contributed by atoms with Crippen LogP contribution in [0.1, 0.15) is 5.56 Å². The van der Waals surface area contributed by atoms with Gasteiger partial charge in [-0.1, -0.05) is 23.7 Å². The Hall–Kier alpha value is -1.91. The number of hydrogen-bond donors (Lipinski definition) is 1. The Morgan fingerprint density at radius 3 is 2.67 bits per heavy atom. The Kier molecular flexibility index (Phi) is 4.18. The number of imidazole rings is 1. The molecule has 0 amide bonds. The summed E-state index contributed by atoms with van der Waals surface area (Å²) in [6.45, 7) is 0. The highest BCUT2D eigenvalue weighted by molar-refractivity contribution is 7.98. The van der Waals surface area contributed by atoms with Crippen LogP contribution < -0.4 is 5.73 Å². The zero-order chi connectivity index (χ0) is 14.7. The topological polar surface area (TPSA) is 43.8 Å². The summed E-state index contributed by atoms with van der Waals surface area (Å²) in [5.41, 5.74) is 9.06. The Labute approximate surface area is 132 Å². The molecule has 0 unspecified atom stereocenters. The first-order valence-electron chi connectivity index (χ1n) is 6.47. The molecule has 21 heavy (non-hydrogen) atoms. The van der Waals surface area contributed by atoms with E-state index in [1.54, 1.807) is 30.4 Å². The van der Waals surface area contributed by atoms with Crippen LogP contribution in [-0.4, -0.2) is 9.55 Å². The van der Waals surface area contributed by atoms with Gasteiger partial charge in [-0.25, -0.2) is 4.98 Å². The predicted octanol–water partition coefficient (Wildman–Crippen LogP) is 4.40. The van der Waals surface area contributed by atoms with Gasteiger partial charge in [0, 0.05) is 39.4 Å². The fraction of sp³-hybridized carbons (Fsp3) is 0.0625. The maximum atomic E-state index is 6.00. The molecule has 0 saturated carbocycles. The van der Waals surface area contributed by atoms with Crippen molar-refractivity contribution in [2.75, 3.05) is 5.73 Å². The lowest BCUT2D eigenvalue weighted by atomic mass is 10.2. The van der Waals surface area contributed by atoms with Crippen molar-refractivity contribution in [2.45, 2.75) is 10.6 Å². The average Bonchev–Trinajstić information content (AvgIpc) is 3.03. The second kappa shape index (κ2) is 6.24. The first-order chi connectivity index (χ1) is 10.2. The van der Waals surface area contributed by atoms with Gasteiger partial charge < -0.3 is 10.3 Å². The third kappa shape index (κ3) is 3.40. The largest absolute Gasteiger partial charge is 0.398 e. The molecule has 0 atom stereocenters. The quantitative estimate of drug-likeness (QED) is 0.573. The Morgan fingerprint density at radius 1 is 1.14 bits per heavy atom. The molecule has 0 fully saturated rings. The molecule has 1 aromatic heterocycles. The van der Waals surface area contributed by atoms with E-state index in [0.717, 1.165) is 22.0 Å². The van der Waals surface area contributed by atoms with Gasteiger partial charge in [-0.3, -0.25) is 0 Å². The zero-order valence-electron chi connectivity index (χ0n) is 11.2. The monoisotopic (exact) mass is 315 g/mol. The maximum Gasteiger partial charge on any atom is 0.0991 e. The number of nitrogen functional groups attached to an aromatic ring is 1. The number of rotatable bonds is 4. The van der Waals surface area contributed by atoms with Crippen molar-refractivity contribution in [2.24, 2.45) is 0 Å². The minimum atomic E-state index is 0.710. The number of hydrogen-bond acceptors (Lipinski definition) is 3. The highest BCUT2D eigenvalue weighted by Crippen LogP contribution is 2.30. The molecule has 3 nitrogen and oxygen atoms in total. The summed E-state index contributed by atoms with van der Waals surface area (Å²) in [6.07, 6.45) is 5.48. The van der Waals surface area contributed by atoms with Gasteiger partial charge in [0.1, 0.15) is 0 Å². The average molecular weight is 316 g/mol. The van der Waals surface area contributed by atoms with Gasteiger partial charge in [0.2, 0.25) is 0 Å². The van der Waals surface area contributed by atoms with Gasteiger partial charge in [-0.2, -0.15) is 0 Å². The molecular formula is C16H14ClN3S. The first-order valence-corrected chi connectivity index (χ1v) is 7.84. The Bertz CT molecular complexity index is 724. The van der Waals surface area contributed by atoms with Crippen molar-refractivity contribution in [3.05, 3.63) is 71.8 Å². The van der Waals surface area contributed by atoms with Gasteiger partial charge in [0.05, 0.1) is 6.33 Å². The Morgan fingerprint density at radius 2 is 1.95 bits per heavy atom. The van der Waals surface area contributed by atoms with Gasteiger partial charge in [-0.15, -0.1) is 11.8 Å². The van der Waals surface area contributed by atoms with E-state index < -0.39 is 0 Å². The van der Waals surface area contributed by atoms with E-state index in [0.29, 0.717) is 5.02 Å². The highest BCUT2D eigenvalue weighted by Gasteiger charge is 2.03. The van der Waals surface area contributed by atoms with Crippen LogP contribution in [0.3, 0.4) is 0 Å². The second-order valence-electron chi connectivity index (χ2n) is 4.61. The molecule has 0 aliphatic carbocycles. The number of anilines is 1. The van der Waals surface area contributed by atoms with Crippen LogP contribution in [0.5, 0.6) is 0 Å². The third-order valence-corrected chi connectivity index (χ3v) is 4.49. The molecule has 1 heterocycles. The number of benzene rings is 2. The molecule has 0 bridgehead atoms. The fourth-order valence-corrected chi connectivity index (χ4v) is 3.17. The summed E-state index contributed by atoms with van der Waals surface area (Å²) in [5, 5.41) is 0.710. The molecular weight excluding hydrogens is 302 g/mol. The van der Waals surface area contributed by atoms with Crippen LogP contribution in [0.4, 0.5) is 5.69 Å². The lowest BCUT2D eigenvalue weighted by Gasteiger charge is -2.07. The number of halogens is 1. The van der Waals surface area contributed by atoms with Crippen LogP contribution in [0.15, 0.2) is 66.1 Å². The molecule has 0 aliphatic heterocycles. The molecule has 0 aliphatic rings. The van der Waals surface area contributed by atoms with Crippen LogP contribution in [0.25, 0.3) is 5.69 Å². The zero-order valence-corrected chi connectivity index (χ0v) is 12.8. The normalized spacial score (nSPS) is 10.7. The molecule has 3 rings (SSSR count). The minimum Gasteiger partial charge on any atom is -0.398 e. The number of thioether (sulfide) groups is 1. The van der Waals surface area contributed by atoms with Gasteiger partial charge in [-0.05, 0) is 35.9 Å². The van der Waals surface area contributed by atoms with Crippen molar-refractivity contribution >= 4 is 29.1 Å². The molecule has 5 heteroatoms. The number of nitrogens with zero attached hydrogens (tertiary/aromatic N) is 2. The van der Waals surface area contributed by atoms with Crippen molar-refractivity contribution in [1.29, 1.82) is 0 Å². The lowest BCUT2D eigenvalue weighted by molar-refractivity contribution is 1.05. The third-order valence-electron chi connectivity index (χ3n) is 3.11. The number of nitrogens with two attached hydrogens (primary N) is 1. The Balaban J connectivity index is 1.70. The van der Waals surface area contributed by atoms with E-state index in [-0.39, 0.29) is 0 Å². The van der Waals surface area contributed by atoms with E-state index in [1.165, 1.54) is 5.56 Å². The summed E-state index contributed by atoms with van der Waals surface area (Å²) in [4.78, 5) is 5.06. The molecule has 2 aromatic carbocycles. The molecule has 106 valence electrons. The van der Waals surface area contributed by atoms with Crippen molar-refractivity contribution in [1.82, 2.24) is 9.55 Å². The molecule has 0 spiro atoms. The van der Waals surface area contributed by atoms with E-state index >= 15 is 0 Å². The van der Waals surface area contributed by atoms with Gasteiger partial charge in [0.25, 0.3) is 0 Å². The van der Waals surface area contributed by atoms with Crippen molar-refractivity contribution < 1.29 is 0 Å². The molecule has 0 saturated heterocycles. The highest BCUT2D eigenvalue weighted by atomic mass is 35.5. The van der Waals surface area contributed by atoms with E-state index in [4.69, 9.17) is 17.3 Å². The summed E-state index contributed by atoms with van der Waals surface area (Å²) in [6, 6.07) is 13.9. The van der Waals surface area contributed by atoms with E-state index in [1.807, 2.05) is 22.9 Å². The first kappa shape index (κ1) is 14.0. The smallest absolute Gasteiger partial charge is 0.0991 e. The van der Waals surface area contributed by atoms with E-state index in [9.17, 15) is 0 Å². The van der Waals surface area contributed by atoms with Crippen LogP contribution in [-0.2, 0) is 5.75 Å². The van der Waals surface area contributed by atoms with Crippen molar-refractivity contribution in [3.8, 4) is 5.69 Å². The van der Waals surface area contributed by atoms with Crippen LogP contribution in [0, 0.1) is 0 Å². The lowest BCUT2D eigenvalue weighted by Crippen LogP contribution is -1.91. The van der Waals surface area contributed by atoms with Gasteiger partial charge in [0.15, 0.2) is 0 Å². The minimum absolute atomic E-state index is 0.710. The second-order valence-corrected chi connectivity index (χ2v) is 6.06. The van der Waals surface area contributed by atoms with E-state index in [2.05, 4.69) is 29.2 Å². The SMILES string of the molecule is Nc1ccc(Cl)cc1SCc1ccc(-n2ccnc2)cc1. The standard InChI is InChI=1S/C16H14ClN3S/c17-13-3-6-15(18)16(9-13)21-10-12-1-4-14(5-2-12)20-8-7-19-11-20/h1-9,11H,10,18H2. The molecule has 2 N–H and O–H groups in total. The van der Waals surface area contributed by atoms with Crippen molar-refractivity contribution in [3.63, 3.8) is 0 Å². The van der Waals surface area contributed by atoms with Crippen LogP contribution >= 0.6 is 23.4 Å². The summed E-state index contributed by atoms with van der Waals surface area (Å²) >= 11 is 7.69. The maximum absolute atomic E-state index is 6.00. The molecule has 3 aromatic rings. The summed E-state index contributed by atoms with van der Waals surface area (Å²) in [5.74, 6) is 0.856. The van der Waals surface area contributed by atoms with Gasteiger partial charge >= 0.3 is 0 Å². The van der Waals surface area contributed by atoms with Crippen LogP contribution in [0.2, 0.25) is 5.02 Å². The molecule has 0 radical (unpaired) electrons. The summed E-state index contributed by atoms with van der Waals surface area (Å²) < 4.78 is 1.98. The summed E-state index contributed by atoms with van der Waals surface area (Å²) in [7, 11) is 0. The predicted molar refractivity (Wildman–Crippen MR) is 89.0 cm³/mol. The fourth-order valence-electron chi connectivity index (χ4n) is 1.97.